The molecule has 2 heterocycles. The van der Waals surface area contributed by atoms with E-state index in [-0.39, 0.29) is 0 Å². The van der Waals surface area contributed by atoms with Gasteiger partial charge in [0.05, 0.1) is 12.2 Å². The number of aliphatic imine (C=N–C) groups is 1. The van der Waals surface area contributed by atoms with Crippen LogP contribution >= 0.6 is 0 Å². The molecule has 22 heavy (non-hydrogen) atoms. The van der Waals surface area contributed by atoms with Gasteiger partial charge in [0.15, 0.2) is 11.7 Å². The molecule has 0 radical (unpaired) electrons. The van der Waals surface area contributed by atoms with Crippen molar-refractivity contribution < 1.29 is 8.94 Å². The van der Waals surface area contributed by atoms with E-state index in [1.165, 1.54) is 0 Å². The van der Waals surface area contributed by atoms with Gasteiger partial charge < -0.3 is 19.6 Å². The second-order valence-electron chi connectivity index (χ2n) is 5.59. The molecule has 0 saturated carbocycles. The molecule has 6 nitrogen and oxygen atoms in total. The molecule has 0 aliphatic carbocycles. The SMILES string of the molecule is CN=C(NCc1cc(C(C)C)no1)NCc1cc(C)oc1C. The number of guanidine groups is 1. The first kappa shape index (κ1) is 16.1. The highest BCUT2D eigenvalue weighted by Crippen LogP contribution is 2.14. The minimum atomic E-state index is 0.363. The van der Waals surface area contributed by atoms with Crippen LogP contribution in [-0.4, -0.2) is 18.2 Å². The summed E-state index contributed by atoms with van der Waals surface area (Å²) in [6, 6.07) is 4.00. The van der Waals surface area contributed by atoms with Gasteiger partial charge >= 0.3 is 0 Å². The van der Waals surface area contributed by atoms with E-state index in [1.807, 2.05) is 26.0 Å². The molecule has 0 saturated heterocycles. The van der Waals surface area contributed by atoms with Crippen LogP contribution in [0.3, 0.4) is 0 Å². The van der Waals surface area contributed by atoms with E-state index in [0.29, 0.717) is 25.0 Å². The lowest BCUT2D eigenvalue weighted by Crippen LogP contribution is -2.36. The number of rotatable bonds is 5. The van der Waals surface area contributed by atoms with Crippen LogP contribution in [0.5, 0.6) is 0 Å². The quantitative estimate of drug-likeness (QED) is 0.656. The molecule has 2 aromatic rings. The summed E-state index contributed by atoms with van der Waals surface area (Å²) in [5, 5.41) is 10.5. The maximum atomic E-state index is 5.51. The average molecular weight is 304 g/mol. The van der Waals surface area contributed by atoms with Crippen molar-refractivity contribution in [2.24, 2.45) is 4.99 Å². The first-order chi connectivity index (χ1) is 10.5. The van der Waals surface area contributed by atoms with Crippen LogP contribution in [0.4, 0.5) is 0 Å². The Kier molecular flexibility index (Phi) is 5.25. The molecule has 0 fully saturated rings. The monoisotopic (exact) mass is 304 g/mol. The van der Waals surface area contributed by atoms with E-state index in [2.05, 4.69) is 34.6 Å². The van der Waals surface area contributed by atoms with Crippen LogP contribution in [0, 0.1) is 13.8 Å². The third-order valence-electron chi connectivity index (χ3n) is 3.41. The van der Waals surface area contributed by atoms with Gasteiger partial charge in [-0.2, -0.15) is 0 Å². The number of furan rings is 1. The summed E-state index contributed by atoms with van der Waals surface area (Å²) in [5.41, 5.74) is 2.09. The first-order valence-electron chi connectivity index (χ1n) is 7.45. The molecule has 6 heteroatoms. The summed E-state index contributed by atoms with van der Waals surface area (Å²) in [6.07, 6.45) is 0. The maximum absolute atomic E-state index is 5.51. The number of nitrogens with one attached hydrogen (secondary N) is 2. The highest BCUT2D eigenvalue weighted by atomic mass is 16.5. The lowest BCUT2D eigenvalue weighted by molar-refractivity contribution is 0.372. The number of hydrogen-bond acceptors (Lipinski definition) is 4. The van der Waals surface area contributed by atoms with Gasteiger partial charge in [-0.05, 0) is 25.8 Å². The van der Waals surface area contributed by atoms with Crippen molar-refractivity contribution in [1.29, 1.82) is 0 Å². The summed E-state index contributed by atoms with van der Waals surface area (Å²) in [4.78, 5) is 4.20. The maximum Gasteiger partial charge on any atom is 0.191 e. The molecule has 0 spiro atoms. The number of nitrogens with zero attached hydrogens (tertiary/aromatic N) is 2. The van der Waals surface area contributed by atoms with Crippen molar-refractivity contribution >= 4 is 5.96 Å². The molecule has 2 N–H and O–H groups in total. The molecule has 2 aromatic heterocycles. The van der Waals surface area contributed by atoms with Gasteiger partial charge in [-0.3, -0.25) is 4.99 Å². The Balaban J connectivity index is 1.86. The Bertz CT molecular complexity index is 640. The topological polar surface area (TPSA) is 75.6 Å². The zero-order valence-corrected chi connectivity index (χ0v) is 13.9. The van der Waals surface area contributed by atoms with E-state index in [0.717, 1.165) is 28.5 Å². The zero-order chi connectivity index (χ0) is 16.1. The van der Waals surface area contributed by atoms with Crippen molar-refractivity contribution in [3.63, 3.8) is 0 Å². The van der Waals surface area contributed by atoms with E-state index < -0.39 is 0 Å². The van der Waals surface area contributed by atoms with Crippen molar-refractivity contribution in [3.05, 3.63) is 40.7 Å². The Morgan fingerprint density at radius 3 is 2.50 bits per heavy atom. The van der Waals surface area contributed by atoms with Crippen molar-refractivity contribution in [3.8, 4) is 0 Å². The van der Waals surface area contributed by atoms with E-state index in [1.54, 1.807) is 7.05 Å². The molecule has 0 aliphatic heterocycles. The Morgan fingerprint density at radius 2 is 1.95 bits per heavy atom. The molecular weight excluding hydrogens is 280 g/mol. The molecular formula is C16H24N4O2. The Labute approximate surface area is 131 Å². The molecule has 0 bridgehead atoms. The number of aryl methyl sites for hydroxylation is 2. The van der Waals surface area contributed by atoms with Gasteiger partial charge in [0.2, 0.25) is 0 Å². The molecule has 120 valence electrons. The normalized spacial score (nSPS) is 12.0. The van der Waals surface area contributed by atoms with E-state index in [9.17, 15) is 0 Å². The fourth-order valence-corrected chi connectivity index (χ4v) is 2.11. The second kappa shape index (κ2) is 7.15. The van der Waals surface area contributed by atoms with Gasteiger partial charge in [0.1, 0.15) is 11.5 Å². The van der Waals surface area contributed by atoms with Crippen molar-refractivity contribution in [2.45, 2.75) is 46.7 Å². The van der Waals surface area contributed by atoms with Crippen LogP contribution in [0.25, 0.3) is 0 Å². The zero-order valence-electron chi connectivity index (χ0n) is 13.9. The fraction of sp³-hybridized carbons (Fsp3) is 0.500. The van der Waals surface area contributed by atoms with E-state index in [4.69, 9.17) is 8.94 Å². The van der Waals surface area contributed by atoms with Gasteiger partial charge in [0, 0.05) is 25.2 Å². The molecule has 0 atom stereocenters. The lowest BCUT2D eigenvalue weighted by atomic mass is 10.1. The van der Waals surface area contributed by atoms with Crippen LogP contribution in [0.15, 0.2) is 26.1 Å². The smallest absolute Gasteiger partial charge is 0.191 e. The van der Waals surface area contributed by atoms with Crippen molar-refractivity contribution in [2.75, 3.05) is 7.05 Å². The van der Waals surface area contributed by atoms with Crippen LogP contribution in [0.1, 0.15) is 48.3 Å². The molecule has 0 unspecified atom stereocenters. The van der Waals surface area contributed by atoms with E-state index >= 15 is 0 Å². The Morgan fingerprint density at radius 1 is 1.23 bits per heavy atom. The highest BCUT2D eigenvalue weighted by Gasteiger charge is 2.09. The molecule has 0 aromatic carbocycles. The predicted octanol–water partition coefficient (Wildman–Crippen LogP) is 2.87. The van der Waals surface area contributed by atoms with Gasteiger partial charge in [-0.25, -0.2) is 0 Å². The third kappa shape index (κ3) is 4.13. The number of hydrogen-bond donors (Lipinski definition) is 2. The number of aromatic nitrogens is 1. The summed E-state index contributed by atoms with van der Waals surface area (Å²) in [5.74, 6) is 3.71. The predicted molar refractivity (Wildman–Crippen MR) is 85.8 cm³/mol. The van der Waals surface area contributed by atoms with Gasteiger partial charge in [0.25, 0.3) is 0 Å². The second-order valence-corrected chi connectivity index (χ2v) is 5.59. The minimum absolute atomic E-state index is 0.363. The summed E-state index contributed by atoms with van der Waals surface area (Å²) < 4.78 is 10.8. The van der Waals surface area contributed by atoms with Crippen LogP contribution in [-0.2, 0) is 13.1 Å². The molecule has 0 amide bonds. The Hall–Kier alpha value is -2.24. The fourth-order valence-electron chi connectivity index (χ4n) is 2.11. The van der Waals surface area contributed by atoms with Gasteiger partial charge in [-0.15, -0.1) is 0 Å². The minimum Gasteiger partial charge on any atom is -0.466 e. The van der Waals surface area contributed by atoms with Crippen LogP contribution < -0.4 is 10.6 Å². The summed E-state index contributed by atoms with van der Waals surface area (Å²) >= 11 is 0. The summed E-state index contributed by atoms with van der Waals surface area (Å²) in [6.45, 7) is 9.29. The molecule has 0 aliphatic rings. The van der Waals surface area contributed by atoms with Crippen LogP contribution in [0.2, 0.25) is 0 Å². The summed E-state index contributed by atoms with van der Waals surface area (Å²) in [7, 11) is 1.74. The van der Waals surface area contributed by atoms with Gasteiger partial charge in [-0.1, -0.05) is 19.0 Å². The third-order valence-corrected chi connectivity index (χ3v) is 3.41. The first-order valence-corrected chi connectivity index (χ1v) is 7.45. The molecule has 2 rings (SSSR count). The highest BCUT2D eigenvalue weighted by molar-refractivity contribution is 5.79. The largest absolute Gasteiger partial charge is 0.466 e. The average Bonchev–Trinajstić information content (AvgIpc) is 3.06. The lowest BCUT2D eigenvalue weighted by Gasteiger charge is -2.10. The standard InChI is InChI=1S/C16H24N4O2/c1-10(2)15-7-14(22-20-15)9-19-16(17-5)18-8-13-6-11(3)21-12(13)4/h6-7,10H,8-9H2,1-5H3,(H2,17,18,19). The van der Waals surface area contributed by atoms with Crippen molar-refractivity contribution in [1.82, 2.24) is 15.8 Å².